The quantitative estimate of drug-likeness (QED) is 0.596. The summed E-state index contributed by atoms with van der Waals surface area (Å²) in [6.07, 6.45) is 0.830. The van der Waals surface area contributed by atoms with Crippen molar-refractivity contribution in [1.82, 2.24) is 0 Å². The first-order valence-electron chi connectivity index (χ1n) is 8.61. The van der Waals surface area contributed by atoms with Gasteiger partial charge in [0.2, 0.25) is 0 Å². The van der Waals surface area contributed by atoms with E-state index in [0.717, 1.165) is 53.4 Å². The van der Waals surface area contributed by atoms with Crippen LogP contribution in [0, 0.1) is 0 Å². The number of halogens is 2. The molecule has 0 heterocycles. The number of carbonyl (C=O) groups excluding carboxylic acids is 1. The van der Waals surface area contributed by atoms with Crippen molar-refractivity contribution >= 4 is 11.9 Å². The Labute approximate surface area is 142 Å². The summed E-state index contributed by atoms with van der Waals surface area (Å²) in [5.41, 5.74) is 4.63. The Kier molecular flexibility index (Phi) is 6.14. The monoisotopic (exact) mass is 336 g/mol. The molecule has 0 aliphatic heterocycles. The predicted molar refractivity (Wildman–Crippen MR) is 93.0 cm³/mol. The Morgan fingerprint density at radius 3 is 2.38 bits per heavy atom. The van der Waals surface area contributed by atoms with Gasteiger partial charge in [0, 0.05) is 5.56 Å². The number of alkyl halides is 2. The molecule has 0 atom stereocenters. The van der Waals surface area contributed by atoms with Gasteiger partial charge in [0.1, 0.15) is 18.6 Å². The highest BCUT2D eigenvalue weighted by atomic mass is 19.3. The number of ether oxygens (including phenoxy) is 1. The number of hydrogen-bond donors (Lipinski definition) is 0. The number of carbonyl (C=O) groups is 1. The van der Waals surface area contributed by atoms with Gasteiger partial charge in [-0.3, -0.25) is 4.79 Å². The average molecular weight is 336 g/mol. The summed E-state index contributed by atoms with van der Waals surface area (Å²) in [5.74, 6) is 0.981. The van der Waals surface area contributed by atoms with Crippen LogP contribution in [0.3, 0.4) is 0 Å². The zero-order chi connectivity index (χ0) is 17.9. The van der Waals surface area contributed by atoms with Gasteiger partial charge in [-0.1, -0.05) is 33.8 Å². The Balaban J connectivity index is 2.65. The zero-order valence-corrected chi connectivity index (χ0v) is 14.9. The molecule has 0 radical (unpaired) electrons. The van der Waals surface area contributed by atoms with E-state index in [9.17, 15) is 13.6 Å². The third kappa shape index (κ3) is 4.03. The molecule has 0 aromatic heterocycles. The maximum absolute atomic E-state index is 12.7. The van der Waals surface area contributed by atoms with Crippen molar-refractivity contribution in [3.05, 3.63) is 34.4 Å². The lowest BCUT2D eigenvalue weighted by atomic mass is 9.88. The Morgan fingerprint density at radius 2 is 1.83 bits per heavy atom. The van der Waals surface area contributed by atoms with E-state index in [1.54, 1.807) is 0 Å². The molecule has 1 aromatic carbocycles. The topological polar surface area (TPSA) is 26.3 Å². The Hall–Kier alpha value is -1.71. The molecule has 2 rings (SSSR count). The van der Waals surface area contributed by atoms with E-state index in [4.69, 9.17) is 4.74 Å². The molecular formula is C20H26F2O2. The lowest BCUT2D eigenvalue weighted by molar-refractivity contribution is -0.104. The van der Waals surface area contributed by atoms with Gasteiger partial charge < -0.3 is 4.74 Å². The van der Waals surface area contributed by atoms with Gasteiger partial charge in [0.25, 0.3) is 6.43 Å². The summed E-state index contributed by atoms with van der Waals surface area (Å²) in [6, 6.07) is 4.07. The molecule has 4 heteroatoms. The van der Waals surface area contributed by atoms with Gasteiger partial charge in [0.15, 0.2) is 0 Å². The molecule has 1 aliphatic carbocycles. The molecule has 1 aromatic rings. The van der Waals surface area contributed by atoms with E-state index in [1.807, 2.05) is 19.9 Å². The molecule has 0 amide bonds. The van der Waals surface area contributed by atoms with Crippen LogP contribution in [0.25, 0.3) is 5.57 Å². The molecule has 0 unspecified atom stereocenters. The molecular weight excluding hydrogens is 310 g/mol. The summed E-state index contributed by atoms with van der Waals surface area (Å²) in [4.78, 5) is 11.4. The molecule has 0 fully saturated rings. The number of rotatable bonds is 7. The minimum absolute atomic E-state index is 0.150. The SMILES string of the molecule is CC(C)c1cc(C2=C(C=O)CCC2)c(OCC(F)F)c(C(C)C)c1. The molecule has 132 valence electrons. The normalized spacial score (nSPS) is 15.0. The highest BCUT2D eigenvalue weighted by molar-refractivity contribution is 5.91. The number of hydrogen-bond acceptors (Lipinski definition) is 2. The highest BCUT2D eigenvalue weighted by Gasteiger charge is 2.24. The minimum atomic E-state index is -2.52. The van der Waals surface area contributed by atoms with Gasteiger partial charge in [0.05, 0.1) is 0 Å². The van der Waals surface area contributed by atoms with Crippen LogP contribution < -0.4 is 4.74 Å². The molecule has 0 saturated heterocycles. The van der Waals surface area contributed by atoms with E-state index in [0.29, 0.717) is 11.7 Å². The third-order valence-corrected chi connectivity index (χ3v) is 4.51. The van der Waals surface area contributed by atoms with Gasteiger partial charge in [-0.15, -0.1) is 0 Å². The summed E-state index contributed by atoms with van der Waals surface area (Å²) in [7, 11) is 0. The fourth-order valence-electron chi connectivity index (χ4n) is 3.17. The van der Waals surface area contributed by atoms with Crippen molar-refractivity contribution in [2.45, 2.75) is 65.2 Å². The summed E-state index contributed by atoms with van der Waals surface area (Å²) in [6.45, 7) is 7.64. The molecule has 0 spiro atoms. The van der Waals surface area contributed by atoms with Crippen LogP contribution >= 0.6 is 0 Å². The molecule has 0 N–H and O–H groups in total. The Bertz CT molecular complexity index is 631. The zero-order valence-electron chi connectivity index (χ0n) is 14.9. The molecule has 0 bridgehead atoms. The van der Waals surface area contributed by atoms with Crippen LogP contribution in [0.2, 0.25) is 0 Å². The van der Waals surface area contributed by atoms with E-state index in [1.165, 1.54) is 0 Å². The van der Waals surface area contributed by atoms with Crippen molar-refractivity contribution in [1.29, 1.82) is 0 Å². The van der Waals surface area contributed by atoms with Crippen molar-refractivity contribution in [3.8, 4) is 5.75 Å². The minimum Gasteiger partial charge on any atom is -0.487 e. The van der Waals surface area contributed by atoms with Crippen molar-refractivity contribution in [2.24, 2.45) is 0 Å². The summed E-state index contributed by atoms with van der Waals surface area (Å²) < 4.78 is 31.0. The maximum Gasteiger partial charge on any atom is 0.272 e. The van der Waals surface area contributed by atoms with Crippen molar-refractivity contribution < 1.29 is 18.3 Å². The first kappa shape index (κ1) is 18.6. The molecule has 24 heavy (non-hydrogen) atoms. The second-order valence-corrected chi connectivity index (χ2v) is 6.97. The first-order valence-corrected chi connectivity index (χ1v) is 8.61. The standard InChI is InChI=1S/C20H26F2O2/c1-12(2)15-8-17(13(3)4)20(24-11-19(21)22)18(9-15)16-7-5-6-14(16)10-23/h8-10,12-13,19H,5-7,11H2,1-4H3. The van der Waals surface area contributed by atoms with Crippen LogP contribution in [0.4, 0.5) is 8.78 Å². The fourth-order valence-corrected chi connectivity index (χ4v) is 3.17. The maximum atomic E-state index is 12.7. The number of aldehydes is 1. The van der Waals surface area contributed by atoms with Gasteiger partial charge in [-0.25, -0.2) is 8.78 Å². The van der Waals surface area contributed by atoms with Crippen LogP contribution in [0.5, 0.6) is 5.75 Å². The van der Waals surface area contributed by atoms with Crippen LogP contribution in [-0.4, -0.2) is 19.3 Å². The van der Waals surface area contributed by atoms with Crippen LogP contribution in [0.15, 0.2) is 17.7 Å². The molecule has 0 saturated carbocycles. The van der Waals surface area contributed by atoms with Gasteiger partial charge >= 0.3 is 0 Å². The molecule has 1 aliphatic rings. The van der Waals surface area contributed by atoms with E-state index >= 15 is 0 Å². The smallest absolute Gasteiger partial charge is 0.272 e. The van der Waals surface area contributed by atoms with Gasteiger partial charge in [-0.2, -0.15) is 0 Å². The predicted octanol–water partition coefficient (Wildman–Crippen LogP) is 5.71. The van der Waals surface area contributed by atoms with Crippen LogP contribution in [0.1, 0.15) is 75.5 Å². The lowest BCUT2D eigenvalue weighted by Gasteiger charge is -2.22. The third-order valence-electron chi connectivity index (χ3n) is 4.51. The number of allylic oxidation sites excluding steroid dienone is 2. The largest absolute Gasteiger partial charge is 0.487 e. The molecule has 2 nitrogen and oxygen atoms in total. The van der Waals surface area contributed by atoms with E-state index in [-0.39, 0.29) is 5.92 Å². The summed E-state index contributed by atoms with van der Waals surface area (Å²) >= 11 is 0. The highest BCUT2D eigenvalue weighted by Crippen LogP contribution is 2.42. The second-order valence-electron chi connectivity index (χ2n) is 6.97. The van der Waals surface area contributed by atoms with Gasteiger partial charge in [-0.05, 0) is 59.4 Å². The van der Waals surface area contributed by atoms with Crippen LogP contribution in [-0.2, 0) is 4.79 Å². The average Bonchev–Trinajstić information content (AvgIpc) is 3.00. The fraction of sp³-hybridized carbons (Fsp3) is 0.550. The van der Waals surface area contributed by atoms with E-state index in [2.05, 4.69) is 19.9 Å². The first-order chi connectivity index (χ1) is 11.3. The Morgan fingerprint density at radius 1 is 1.12 bits per heavy atom. The number of benzene rings is 1. The van der Waals surface area contributed by atoms with E-state index < -0.39 is 13.0 Å². The van der Waals surface area contributed by atoms with Crippen molar-refractivity contribution in [3.63, 3.8) is 0 Å². The van der Waals surface area contributed by atoms with Crippen molar-refractivity contribution in [2.75, 3.05) is 6.61 Å². The lowest BCUT2D eigenvalue weighted by Crippen LogP contribution is -2.11. The summed E-state index contributed by atoms with van der Waals surface area (Å²) in [5, 5.41) is 0. The second kappa shape index (κ2) is 7.91.